The van der Waals surface area contributed by atoms with E-state index in [1.165, 1.54) is 5.56 Å². The number of methoxy groups -OCH3 is 1. The van der Waals surface area contributed by atoms with Gasteiger partial charge in [0.2, 0.25) is 5.91 Å². The minimum absolute atomic E-state index is 0.0231. The van der Waals surface area contributed by atoms with Crippen LogP contribution in [0.4, 0.5) is 5.69 Å². The van der Waals surface area contributed by atoms with Gasteiger partial charge in [0.25, 0.3) is 0 Å². The van der Waals surface area contributed by atoms with Crippen LogP contribution in [-0.2, 0) is 11.3 Å². The van der Waals surface area contributed by atoms with E-state index in [-0.39, 0.29) is 11.9 Å². The number of para-hydroxylation sites is 2. The Morgan fingerprint density at radius 2 is 1.82 bits per heavy atom. The van der Waals surface area contributed by atoms with E-state index in [9.17, 15) is 4.79 Å². The molecule has 0 aliphatic carbocycles. The normalized spacial score (nSPS) is 16.2. The van der Waals surface area contributed by atoms with Crippen molar-refractivity contribution >= 4 is 11.6 Å². The maximum absolute atomic E-state index is 12.7. The quantitative estimate of drug-likeness (QED) is 0.837. The van der Waals surface area contributed by atoms with Crippen molar-refractivity contribution in [3.8, 4) is 11.8 Å². The van der Waals surface area contributed by atoms with Crippen molar-refractivity contribution in [1.29, 1.82) is 5.26 Å². The fraction of sp³-hybridized carbons (Fsp3) is 0.364. The number of hydrogen-bond donors (Lipinski definition) is 1. The van der Waals surface area contributed by atoms with Gasteiger partial charge in [-0.2, -0.15) is 5.26 Å². The van der Waals surface area contributed by atoms with Gasteiger partial charge < -0.3 is 10.1 Å². The molecule has 6 heteroatoms. The molecule has 2 aromatic carbocycles. The number of hydrogen-bond acceptors (Lipinski definition) is 5. The highest BCUT2D eigenvalue weighted by Crippen LogP contribution is 2.23. The largest absolute Gasteiger partial charge is 0.495 e. The third kappa shape index (κ3) is 4.89. The molecule has 3 rings (SSSR count). The molecule has 1 saturated heterocycles. The van der Waals surface area contributed by atoms with Crippen molar-refractivity contribution in [3.63, 3.8) is 0 Å². The molecular formula is C22H26N4O2. The van der Waals surface area contributed by atoms with Gasteiger partial charge in [0.05, 0.1) is 30.5 Å². The lowest BCUT2D eigenvalue weighted by Gasteiger charge is -2.37. The van der Waals surface area contributed by atoms with Gasteiger partial charge in [-0.15, -0.1) is 0 Å². The zero-order valence-electron chi connectivity index (χ0n) is 16.4. The first-order chi connectivity index (χ1) is 13.6. The second-order valence-electron chi connectivity index (χ2n) is 6.99. The highest BCUT2D eigenvalue weighted by atomic mass is 16.5. The highest BCUT2D eigenvalue weighted by molar-refractivity contribution is 5.95. The molecule has 6 nitrogen and oxygen atoms in total. The van der Waals surface area contributed by atoms with Crippen molar-refractivity contribution in [2.45, 2.75) is 19.5 Å². The van der Waals surface area contributed by atoms with Gasteiger partial charge in [0.1, 0.15) is 5.75 Å². The summed E-state index contributed by atoms with van der Waals surface area (Å²) in [7, 11) is 1.60. The number of nitrogens with zero attached hydrogens (tertiary/aromatic N) is 3. The Bertz CT molecular complexity index is 836. The summed E-state index contributed by atoms with van der Waals surface area (Å²) < 4.78 is 5.30. The Balaban J connectivity index is 1.50. The standard InChI is InChI=1S/C22H26N4O2/c1-17(22(27)24-20-5-3-4-6-21(20)28-2)26-13-11-25(12-14-26)16-19-9-7-18(15-23)8-10-19/h3-10,17H,11-14,16H2,1-2H3,(H,24,27)/t17-/m0/s1. The summed E-state index contributed by atoms with van der Waals surface area (Å²) in [5, 5.41) is 11.9. The van der Waals surface area contributed by atoms with E-state index in [4.69, 9.17) is 10.00 Å². The SMILES string of the molecule is COc1ccccc1NC(=O)[C@H](C)N1CCN(Cc2ccc(C#N)cc2)CC1. The number of nitrogens with one attached hydrogen (secondary N) is 1. The van der Waals surface area contributed by atoms with Crippen molar-refractivity contribution < 1.29 is 9.53 Å². The van der Waals surface area contributed by atoms with Crippen molar-refractivity contribution in [2.75, 3.05) is 38.6 Å². The molecule has 0 bridgehead atoms. The minimum atomic E-state index is -0.207. The van der Waals surface area contributed by atoms with Crippen LogP contribution in [0.25, 0.3) is 0 Å². The van der Waals surface area contributed by atoms with E-state index < -0.39 is 0 Å². The number of nitriles is 1. The average molecular weight is 378 g/mol. The van der Waals surface area contributed by atoms with Gasteiger partial charge >= 0.3 is 0 Å². The van der Waals surface area contributed by atoms with Crippen LogP contribution in [0.5, 0.6) is 5.75 Å². The molecule has 1 heterocycles. The number of carbonyl (C=O) groups is 1. The molecule has 1 atom stereocenters. The Hall–Kier alpha value is -2.88. The molecule has 0 spiro atoms. The van der Waals surface area contributed by atoms with E-state index >= 15 is 0 Å². The van der Waals surface area contributed by atoms with Crippen molar-refractivity contribution in [2.24, 2.45) is 0 Å². The van der Waals surface area contributed by atoms with Crippen LogP contribution in [-0.4, -0.2) is 55.0 Å². The second-order valence-corrected chi connectivity index (χ2v) is 6.99. The summed E-state index contributed by atoms with van der Waals surface area (Å²) in [6.45, 7) is 6.31. The van der Waals surface area contributed by atoms with E-state index in [0.29, 0.717) is 17.0 Å². The molecule has 0 aromatic heterocycles. The molecule has 2 aromatic rings. The fourth-order valence-corrected chi connectivity index (χ4v) is 3.40. The Morgan fingerprint density at radius 1 is 1.14 bits per heavy atom. The smallest absolute Gasteiger partial charge is 0.241 e. The average Bonchev–Trinajstić information content (AvgIpc) is 2.74. The van der Waals surface area contributed by atoms with Gasteiger partial charge in [-0.1, -0.05) is 24.3 Å². The Morgan fingerprint density at radius 3 is 2.46 bits per heavy atom. The number of piperazine rings is 1. The first kappa shape index (κ1) is 19.9. The van der Waals surface area contributed by atoms with Crippen LogP contribution in [0, 0.1) is 11.3 Å². The summed E-state index contributed by atoms with van der Waals surface area (Å²) in [4.78, 5) is 17.3. The maximum Gasteiger partial charge on any atom is 0.241 e. The molecule has 1 aliphatic heterocycles. The number of rotatable bonds is 6. The molecule has 1 aliphatic rings. The lowest BCUT2D eigenvalue weighted by Crippen LogP contribution is -2.52. The molecule has 28 heavy (non-hydrogen) atoms. The summed E-state index contributed by atoms with van der Waals surface area (Å²) >= 11 is 0. The van der Waals surface area contributed by atoms with Crippen LogP contribution in [0.1, 0.15) is 18.1 Å². The van der Waals surface area contributed by atoms with Crippen LogP contribution < -0.4 is 10.1 Å². The van der Waals surface area contributed by atoms with Gasteiger partial charge in [0, 0.05) is 32.7 Å². The van der Waals surface area contributed by atoms with Crippen LogP contribution >= 0.6 is 0 Å². The molecule has 0 radical (unpaired) electrons. The van der Waals surface area contributed by atoms with Gasteiger partial charge in [0.15, 0.2) is 0 Å². The molecular weight excluding hydrogens is 352 g/mol. The number of benzene rings is 2. The molecule has 0 saturated carbocycles. The van der Waals surface area contributed by atoms with E-state index in [2.05, 4.69) is 21.2 Å². The summed E-state index contributed by atoms with van der Waals surface area (Å²) in [6, 6.07) is 17.1. The van der Waals surface area contributed by atoms with Crippen LogP contribution in [0.2, 0.25) is 0 Å². The number of ether oxygens (including phenoxy) is 1. The highest BCUT2D eigenvalue weighted by Gasteiger charge is 2.26. The minimum Gasteiger partial charge on any atom is -0.495 e. The van der Waals surface area contributed by atoms with E-state index in [1.54, 1.807) is 7.11 Å². The van der Waals surface area contributed by atoms with Crippen molar-refractivity contribution in [1.82, 2.24) is 9.80 Å². The predicted octanol–water partition coefficient (Wildman–Crippen LogP) is 2.71. The molecule has 146 valence electrons. The van der Waals surface area contributed by atoms with E-state index in [1.807, 2.05) is 55.5 Å². The molecule has 1 fully saturated rings. The maximum atomic E-state index is 12.7. The second kappa shape index (κ2) is 9.36. The van der Waals surface area contributed by atoms with Crippen LogP contribution in [0.15, 0.2) is 48.5 Å². The first-order valence-corrected chi connectivity index (χ1v) is 9.50. The van der Waals surface area contributed by atoms with Crippen LogP contribution in [0.3, 0.4) is 0 Å². The zero-order chi connectivity index (χ0) is 19.9. The van der Waals surface area contributed by atoms with Gasteiger partial charge in [-0.05, 0) is 36.8 Å². The summed E-state index contributed by atoms with van der Waals surface area (Å²) in [5.74, 6) is 0.639. The number of carbonyl (C=O) groups excluding carboxylic acids is 1. The number of amides is 1. The Labute approximate surface area is 166 Å². The monoisotopic (exact) mass is 378 g/mol. The van der Waals surface area contributed by atoms with Crippen molar-refractivity contribution in [3.05, 3.63) is 59.7 Å². The third-order valence-electron chi connectivity index (χ3n) is 5.19. The third-order valence-corrected chi connectivity index (χ3v) is 5.19. The topological polar surface area (TPSA) is 68.6 Å². The molecule has 1 amide bonds. The zero-order valence-corrected chi connectivity index (χ0v) is 16.4. The molecule has 1 N–H and O–H groups in total. The summed E-state index contributed by atoms with van der Waals surface area (Å²) in [6.07, 6.45) is 0. The fourth-order valence-electron chi connectivity index (χ4n) is 3.40. The van der Waals surface area contributed by atoms with E-state index in [0.717, 1.165) is 32.7 Å². The Kier molecular flexibility index (Phi) is 6.64. The predicted molar refractivity (Wildman–Crippen MR) is 109 cm³/mol. The molecule has 0 unspecified atom stereocenters. The first-order valence-electron chi connectivity index (χ1n) is 9.50. The lowest BCUT2D eigenvalue weighted by atomic mass is 10.1. The summed E-state index contributed by atoms with van der Waals surface area (Å²) in [5.41, 5.74) is 2.58. The lowest BCUT2D eigenvalue weighted by molar-refractivity contribution is -0.121. The van der Waals surface area contributed by atoms with Gasteiger partial charge in [-0.25, -0.2) is 0 Å². The number of anilines is 1. The van der Waals surface area contributed by atoms with Gasteiger partial charge in [-0.3, -0.25) is 14.6 Å².